The number of benzene rings is 1. The van der Waals surface area contributed by atoms with E-state index in [1.165, 1.54) is 12.1 Å². The first kappa shape index (κ1) is 15.0. The highest BCUT2D eigenvalue weighted by Gasteiger charge is 2.11. The van der Waals surface area contributed by atoms with E-state index in [0.29, 0.717) is 18.7 Å². The summed E-state index contributed by atoms with van der Waals surface area (Å²) in [4.78, 5) is 11.9. The Kier molecular flexibility index (Phi) is 4.92. The highest BCUT2D eigenvalue weighted by Crippen LogP contribution is 2.08. The van der Waals surface area contributed by atoms with Crippen molar-refractivity contribution in [1.29, 1.82) is 0 Å². The molecule has 0 aliphatic carbocycles. The van der Waals surface area contributed by atoms with Gasteiger partial charge in [-0.2, -0.15) is 5.10 Å². The SMILES string of the molecule is Cc1c(C(=O)NCCCNc2cccc(F)c2)cnn1C. The summed E-state index contributed by atoms with van der Waals surface area (Å²) in [6.45, 7) is 3.07. The fraction of sp³-hybridized carbons (Fsp3) is 0.333. The van der Waals surface area contributed by atoms with Crippen LogP contribution in [0.15, 0.2) is 30.5 Å². The Bertz CT molecular complexity index is 624. The van der Waals surface area contributed by atoms with Gasteiger partial charge in [0.05, 0.1) is 11.8 Å². The second-order valence-corrected chi connectivity index (χ2v) is 4.81. The molecular weight excluding hydrogens is 271 g/mol. The molecule has 0 aliphatic rings. The molecule has 0 radical (unpaired) electrons. The van der Waals surface area contributed by atoms with Crippen molar-refractivity contribution in [3.63, 3.8) is 0 Å². The third kappa shape index (κ3) is 4.05. The molecule has 2 N–H and O–H groups in total. The number of amides is 1. The molecule has 2 rings (SSSR count). The molecule has 0 fully saturated rings. The van der Waals surface area contributed by atoms with Crippen LogP contribution in [0.5, 0.6) is 0 Å². The maximum atomic E-state index is 13.0. The van der Waals surface area contributed by atoms with Crippen molar-refractivity contribution in [1.82, 2.24) is 15.1 Å². The van der Waals surface area contributed by atoms with Crippen molar-refractivity contribution in [2.75, 3.05) is 18.4 Å². The van der Waals surface area contributed by atoms with Gasteiger partial charge in [-0.1, -0.05) is 6.07 Å². The smallest absolute Gasteiger partial charge is 0.254 e. The highest BCUT2D eigenvalue weighted by atomic mass is 19.1. The van der Waals surface area contributed by atoms with Gasteiger partial charge in [-0.25, -0.2) is 4.39 Å². The monoisotopic (exact) mass is 290 g/mol. The molecule has 1 aromatic heterocycles. The molecule has 0 spiro atoms. The first-order valence-corrected chi connectivity index (χ1v) is 6.84. The summed E-state index contributed by atoms with van der Waals surface area (Å²) in [5.41, 5.74) is 2.17. The molecule has 0 atom stereocenters. The van der Waals surface area contributed by atoms with Gasteiger partial charge in [0.15, 0.2) is 0 Å². The van der Waals surface area contributed by atoms with E-state index in [9.17, 15) is 9.18 Å². The van der Waals surface area contributed by atoms with Crippen molar-refractivity contribution in [2.24, 2.45) is 7.05 Å². The molecule has 0 bridgehead atoms. The minimum atomic E-state index is -0.264. The van der Waals surface area contributed by atoms with Crippen molar-refractivity contribution in [2.45, 2.75) is 13.3 Å². The Morgan fingerprint density at radius 1 is 1.38 bits per heavy atom. The zero-order valence-corrected chi connectivity index (χ0v) is 12.2. The van der Waals surface area contributed by atoms with Crippen molar-refractivity contribution in [3.8, 4) is 0 Å². The van der Waals surface area contributed by atoms with Crippen LogP contribution in [0.1, 0.15) is 22.5 Å². The molecule has 0 saturated heterocycles. The molecule has 0 saturated carbocycles. The van der Waals surface area contributed by atoms with Gasteiger partial charge >= 0.3 is 0 Å². The van der Waals surface area contributed by atoms with Crippen LogP contribution in [-0.4, -0.2) is 28.8 Å². The molecule has 6 heteroatoms. The number of hydrogen-bond donors (Lipinski definition) is 2. The minimum absolute atomic E-state index is 0.119. The van der Waals surface area contributed by atoms with E-state index in [2.05, 4.69) is 15.7 Å². The lowest BCUT2D eigenvalue weighted by molar-refractivity contribution is 0.0953. The lowest BCUT2D eigenvalue weighted by Crippen LogP contribution is -2.26. The second kappa shape index (κ2) is 6.88. The van der Waals surface area contributed by atoms with Crippen LogP contribution in [0.2, 0.25) is 0 Å². The Labute approximate surface area is 123 Å². The van der Waals surface area contributed by atoms with Crippen LogP contribution < -0.4 is 10.6 Å². The van der Waals surface area contributed by atoms with Gasteiger partial charge in [0, 0.05) is 31.5 Å². The molecule has 1 amide bonds. The van der Waals surface area contributed by atoms with Gasteiger partial charge < -0.3 is 10.6 Å². The minimum Gasteiger partial charge on any atom is -0.385 e. The van der Waals surface area contributed by atoms with Crippen molar-refractivity contribution < 1.29 is 9.18 Å². The molecule has 112 valence electrons. The van der Waals surface area contributed by atoms with E-state index in [4.69, 9.17) is 0 Å². The normalized spacial score (nSPS) is 10.4. The number of carbonyl (C=O) groups excluding carboxylic acids is 1. The maximum Gasteiger partial charge on any atom is 0.254 e. The molecule has 21 heavy (non-hydrogen) atoms. The van der Waals surface area contributed by atoms with Gasteiger partial charge in [0.25, 0.3) is 5.91 Å². The van der Waals surface area contributed by atoms with Gasteiger partial charge in [-0.15, -0.1) is 0 Å². The highest BCUT2D eigenvalue weighted by molar-refractivity contribution is 5.94. The quantitative estimate of drug-likeness (QED) is 0.801. The number of halogens is 1. The average molecular weight is 290 g/mol. The van der Waals surface area contributed by atoms with Crippen LogP contribution in [0.3, 0.4) is 0 Å². The second-order valence-electron chi connectivity index (χ2n) is 4.81. The number of aromatic nitrogens is 2. The standard InChI is InChI=1S/C15H19FN4O/c1-11-14(10-19-20(11)2)15(21)18-8-4-7-17-13-6-3-5-12(16)9-13/h3,5-6,9-10,17H,4,7-8H2,1-2H3,(H,18,21). The summed E-state index contributed by atoms with van der Waals surface area (Å²) in [6.07, 6.45) is 2.32. The number of hydrogen-bond acceptors (Lipinski definition) is 3. The third-order valence-corrected chi connectivity index (χ3v) is 3.27. The van der Waals surface area contributed by atoms with Gasteiger partial charge in [-0.05, 0) is 31.5 Å². The number of anilines is 1. The maximum absolute atomic E-state index is 13.0. The van der Waals surface area contributed by atoms with E-state index in [1.807, 2.05) is 6.92 Å². The summed E-state index contributed by atoms with van der Waals surface area (Å²) in [5, 5.41) is 9.99. The number of carbonyl (C=O) groups is 1. The number of nitrogens with zero attached hydrogens (tertiary/aromatic N) is 2. The van der Waals surface area contributed by atoms with Gasteiger partial charge in [-0.3, -0.25) is 9.48 Å². The Balaban J connectivity index is 1.70. The average Bonchev–Trinajstić information content (AvgIpc) is 2.78. The largest absolute Gasteiger partial charge is 0.385 e. The predicted molar refractivity (Wildman–Crippen MR) is 79.8 cm³/mol. The number of aryl methyl sites for hydroxylation is 1. The van der Waals surface area contributed by atoms with E-state index >= 15 is 0 Å². The van der Waals surface area contributed by atoms with Crippen LogP contribution in [0.4, 0.5) is 10.1 Å². The van der Waals surface area contributed by atoms with Crippen molar-refractivity contribution >= 4 is 11.6 Å². The van der Waals surface area contributed by atoms with E-state index in [-0.39, 0.29) is 11.7 Å². The van der Waals surface area contributed by atoms with E-state index in [0.717, 1.165) is 17.8 Å². The number of nitrogens with one attached hydrogen (secondary N) is 2. The molecule has 0 unspecified atom stereocenters. The Morgan fingerprint density at radius 3 is 2.86 bits per heavy atom. The Hall–Kier alpha value is -2.37. The molecule has 1 heterocycles. The zero-order chi connectivity index (χ0) is 15.2. The fourth-order valence-electron chi connectivity index (χ4n) is 1.94. The lowest BCUT2D eigenvalue weighted by Gasteiger charge is -2.07. The molecule has 2 aromatic rings. The molecule has 1 aromatic carbocycles. The summed E-state index contributed by atoms with van der Waals surface area (Å²) in [7, 11) is 1.80. The van der Waals surface area contributed by atoms with Crippen LogP contribution in [-0.2, 0) is 7.05 Å². The van der Waals surface area contributed by atoms with Crippen LogP contribution in [0, 0.1) is 12.7 Å². The molecular formula is C15H19FN4O. The first-order chi connectivity index (χ1) is 10.1. The Morgan fingerprint density at radius 2 is 2.19 bits per heavy atom. The number of rotatable bonds is 6. The van der Waals surface area contributed by atoms with Gasteiger partial charge in [0.1, 0.15) is 5.82 Å². The summed E-state index contributed by atoms with van der Waals surface area (Å²) < 4.78 is 14.6. The van der Waals surface area contributed by atoms with E-state index < -0.39 is 0 Å². The summed E-state index contributed by atoms with van der Waals surface area (Å²) in [5.74, 6) is -0.383. The third-order valence-electron chi connectivity index (χ3n) is 3.27. The predicted octanol–water partition coefficient (Wildman–Crippen LogP) is 2.10. The molecule has 5 nitrogen and oxygen atoms in total. The van der Waals surface area contributed by atoms with E-state index in [1.54, 1.807) is 30.1 Å². The summed E-state index contributed by atoms with van der Waals surface area (Å²) >= 11 is 0. The topological polar surface area (TPSA) is 59.0 Å². The van der Waals surface area contributed by atoms with Crippen LogP contribution in [0.25, 0.3) is 0 Å². The van der Waals surface area contributed by atoms with Crippen LogP contribution >= 0.6 is 0 Å². The fourth-order valence-corrected chi connectivity index (χ4v) is 1.94. The lowest BCUT2D eigenvalue weighted by atomic mass is 10.2. The van der Waals surface area contributed by atoms with Gasteiger partial charge in [0.2, 0.25) is 0 Å². The summed E-state index contributed by atoms with van der Waals surface area (Å²) in [6, 6.07) is 6.31. The van der Waals surface area contributed by atoms with Crippen molar-refractivity contribution in [3.05, 3.63) is 47.5 Å². The first-order valence-electron chi connectivity index (χ1n) is 6.84. The zero-order valence-electron chi connectivity index (χ0n) is 12.2. The molecule has 0 aliphatic heterocycles.